The molecule has 1 aromatic carbocycles. The fourth-order valence-corrected chi connectivity index (χ4v) is 2.39. The van der Waals surface area contributed by atoms with Crippen molar-refractivity contribution >= 4 is 6.09 Å². The third-order valence-corrected chi connectivity index (χ3v) is 3.49. The minimum absolute atomic E-state index is 0.180. The summed E-state index contributed by atoms with van der Waals surface area (Å²) in [5.74, 6) is 0. The van der Waals surface area contributed by atoms with Gasteiger partial charge in [0, 0.05) is 26.2 Å². The van der Waals surface area contributed by atoms with Crippen molar-refractivity contribution < 1.29 is 19.4 Å². The molecule has 0 radical (unpaired) electrons. The first-order valence-corrected chi connectivity index (χ1v) is 7.60. The number of β-amino-alcohol motifs (C(OH)–C–C–N with tert-alkyl or cyclic N) is 1. The van der Waals surface area contributed by atoms with Crippen LogP contribution in [0, 0.1) is 0 Å². The highest BCUT2D eigenvalue weighted by Crippen LogP contribution is 2.05. The van der Waals surface area contributed by atoms with Crippen LogP contribution in [0.2, 0.25) is 0 Å². The molecule has 1 amide bonds. The molecule has 2 rings (SSSR count). The van der Waals surface area contributed by atoms with Crippen molar-refractivity contribution in [3.8, 4) is 0 Å². The zero-order valence-electron chi connectivity index (χ0n) is 12.9. The minimum Gasteiger partial charge on any atom is -0.445 e. The van der Waals surface area contributed by atoms with Crippen molar-refractivity contribution in [3.05, 3.63) is 35.9 Å². The van der Waals surface area contributed by atoms with E-state index in [0.29, 0.717) is 13.2 Å². The van der Waals surface area contributed by atoms with Gasteiger partial charge in [0.2, 0.25) is 0 Å². The van der Waals surface area contributed by atoms with Crippen molar-refractivity contribution in [2.24, 2.45) is 0 Å². The van der Waals surface area contributed by atoms with E-state index in [-0.39, 0.29) is 19.3 Å². The van der Waals surface area contributed by atoms with Gasteiger partial charge in [-0.15, -0.1) is 0 Å². The molecule has 2 N–H and O–H groups in total. The van der Waals surface area contributed by atoms with Crippen LogP contribution in [0.5, 0.6) is 0 Å². The van der Waals surface area contributed by atoms with Crippen LogP contribution in [-0.4, -0.2) is 61.1 Å². The lowest BCUT2D eigenvalue weighted by atomic mass is 10.2. The van der Waals surface area contributed by atoms with Gasteiger partial charge in [-0.3, -0.25) is 4.90 Å². The molecule has 1 heterocycles. The molecule has 1 aromatic rings. The van der Waals surface area contributed by atoms with E-state index >= 15 is 0 Å². The molecular formula is C16H24N2O4. The maximum absolute atomic E-state index is 11.6. The maximum Gasteiger partial charge on any atom is 0.407 e. The van der Waals surface area contributed by atoms with E-state index in [0.717, 1.165) is 18.7 Å². The number of morpholine rings is 1. The van der Waals surface area contributed by atoms with E-state index in [1.54, 1.807) is 0 Å². The summed E-state index contributed by atoms with van der Waals surface area (Å²) in [5, 5.41) is 12.6. The lowest BCUT2D eigenvalue weighted by molar-refractivity contribution is -0.0313. The number of ether oxygens (including phenoxy) is 2. The smallest absolute Gasteiger partial charge is 0.407 e. The maximum atomic E-state index is 11.6. The highest BCUT2D eigenvalue weighted by Gasteiger charge is 2.19. The quantitative estimate of drug-likeness (QED) is 0.820. The number of aliphatic hydroxyl groups excluding tert-OH is 1. The summed E-state index contributed by atoms with van der Waals surface area (Å²) in [6, 6.07) is 9.48. The van der Waals surface area contributed by atoms with E-state index in [9.17, 15) is 9.90 Å². The van der Waals surface area contributed by atoms with E-state index < -0.39 is 12.2 Å². The Hall–Kier alpha value is -1.63. The van der Waals surface area contributed by atoms with Crippen LogP contribution in [-0.2, 0) is 16.1 Å². The zero-order chi connectivity index (χ0) is 15.8. The van der Waals surface area contributed by atoms with E-state index in [1.165, 1.54) is 0 Å². The van der Waals surface area contributed by atoms with Crippen molar-refractivity contribution in [2.75, 3.05) is 32.8 Å². The number of amides is 1. The summed E-state index contributed by atoms with van der Waals surface area (Å²) in [5.41, 5.74) is 0.931. The Morgan fingerprint density at radius 2 is 2.27 bits per heavy atom. The number of carbonyl (C=O) groups is 1. The van der Waals surface area contributed by atoms with Gasteiger partial charge >= 0.3 is 6.09 Å². The zero-order valence-corrected chi connectivity index (χ0v) is 12.9. The second kappa shape index (κ2) is 8.73. The summed E-state index contributed by atoms with van der Waals surface area (Å²) in [6.45, 7) is 5.23. The lowest BCUT2D eigenvalue weighted by Gasteiger charge is -2.32. The largest absolute Gasteiger partial charge is 0.445 e. The fraction of sp³-hybridized carbons (Fsp3) is 0.562. The normalized spacial score (nSPS) is 20.4. The molecular weight excluding hydrogens is 284 g/mol. The highest BCUT2D eigenvalue weighted by molar-refractivity contribution is 5.67. The first kappa shape index (κ1) is 16.7. The predicted octanol–water partition coefficient (Wildman–Crippen LogP) is 0.994. The molecule has 0 bridgehead atoms. The Bertz CT molecular complexity index is 455. The molecule has 1 aliphatic heterocycles. The van der Waals surface area contributed by atoms with Gasteiger partial charge in [0.05, 0.1) is 18.8 Å². The molecule has 6 nitrogen and oxygen atoms in total. The number of alkyl carbamates (subject to hydrolysis) is 1. The standard InChI is InChI=1S/C16H24N2O4/c1-13-10-18(7-8-21-13)11-15(19)9-17-16(20)22-12-14-5-3-2-4-6-14/h2-6,13,15,19H,7-12H2,1H3,(H,17,20). The second-order valence-corrected chi connectivity index (χ2v) is 5.54. The first-order valence-electron chi connectivity index (χ1n) is 7.60. The molecule has 1 saturated heterocycles. The first-order chi connectivity index (χ1) is 10.6. The average Bonchev–Trinajstić information content (AvgIpc) is 2.52. The molecule has 6 heteroatoms. The Morgan fingerprint density at radius 3 is 3.00 bits per heavy atom. The Balaban J connectivity index is 1.61. The summed E-state index contributed by atoms with van der Waals surface area (Å²) >= 11 is 0. The van der Waals surface area contributed by atoms with Gasteiger partial charge in [-0.1, -0.05) is 30.3 Å². The van der Waals surface area contributed by atoms with Gasteiger partial charge < -0.3 is 19.9 Å². The Morgan fingerprint density at radius 1 is 1.50 bits per heavy atom. The predicted molar refractivity (Wildman–Crippen MR) is 82.5 cm³/mol. The van der Waals surface area contributed by atoms with Crippen LogP contribution in [0.15, 0.2) is 30.3 Å². The van der Waals surface area contributed by atoms with Gasteiger partial charge in [-0.05, 0) is 12.5 Å². The van der Waals surface area contributed by atoms with Crippen molar-refractivity contribution in [1.82, 2.24) is 10.2 Å². The number of rotatable bonds is 6. The summed E-state index contributed by atoms with van der Waals surface area (Å²) in [6.07, 6.45) is -0.947. The van der Waals surface area contributed by atoms with Crippen LogP contribution in [0.1, 0.15) is 12.5 Å². The number of nitrogens with zero attached hydrogens (tertiary/aromatic N) is 1. The summed E-state index contributed by atoms with van der Waals surface area (Å²) in [7, 11) is 0. The number of benzene rings is 1. The van der Waals surface area contributed by atoms with Crippen LogP contribution in [0.3, 0.4) is 0 Å². The molecule has 22 heavy (non-hydrogen) atoms. The van der Waals surface area contributed by atoms with Crippen LogP contribution in [0.4, 0.5) is 4.79 Å². The monoisotopic (exact) mass is 308 g/mol. The molecule has 0 aliphatic carbocycles. The molecule has 0 spiro atoms. The van der Waals surface area contributed by atoms with Crippen molar-refractivity contribution in [1.29, 1.82) is 0 Å². The van der Waals surface area contributed by atoms with Gasteiger partial charge in [-0.2, -0.15) is 0 Å². The third kappa shape index (κ3) is 6.01. The van der Waals surface area contributed by atoms with E-state index in [1.807, 2.05) is 37.3 Å². The van der Waals surface area contributed by atoms with Crippen LogP contribution < -0.4 is 5.32 Å². The Kier molecular flexibility index (Phi) is 6.64. The molecule has 0 saturated carbocycles. The SMILES string of the molecule is CC1CN(CC(O)CNC(=O)OCc2ccccc2)CCO1. The molecule has 1 aliphatic rings. The third-order valence-electron chi connectivity index (χ3n) is 3.49. The Labute approximate surface area is 131 Å². The van der Waals surface area contributed by atoms with Gasteiger partial charge in [-0.25, -0.2) is 4.79 Å². The molecule has 2 unspecified atom stereocenters. The summed E-state index contributed by atoms with van der Waals surface area (Å²) in [4.78, 5) is 13.7. The topological polar surface area (TPSA) is 71.0 Å². The number of hydrogen-bond donors (Lipinski definition) is 2. The highest BCUT2D eigenvalue weighted by atomic mass is 16.5. The lowest BCUT2D eigenvalue weighted by Crippen LogP contribution is -2.47. The van der Waals surface area contributed by atoms with E-state index in [4.69, 9.17) is 9.47 Å². The molecule has 0 aromatic heterocycles. The molecule has 2 atom stereocenters. The molecule has 1 fully saturated rings. The van der Waals surface area contributed by atoms with Gasteiger partial charge in [0.25, 0.3) is 0 Å². The number of hydrogen-bond acceptors (Lipinski definition) is 5. The van der Waals surface area contributed by atoms with Crippen LogP contribution in [0.25, 0.3) is 0 Å². The number of nitrogens with one attached hydrogen (secondary N) is 1. The minimum atomic E-state index is -0.616. The number of carbonyl (C=O) groups excluding carboxylic acids is 1. The van der Waals surface area contributed by atoms with Gasteiger partial charge in [0.1, 0.15) is 6.61 Å². The average molecular weight is 308 g/mol. The van der Waals surface area contributed by atoms with Gasteiger partial charge in [0.15, 0.2) is 0 Å². The van der Waals surface area contributed by atoms with Crippen LogP contribution >= 0.6 is 0 Å². The van der Waals surface area contributed by atoms with Crippen molar-refractivity contribution in [2.45, 2.75) is 25.7 Å². The van der Waals surface area contributed by atoms with Crippen molar-refractivity contribution in [3.63, 3.8) is 0 Å². The summed E-state index contributed by atoms with van der Waals surface area (Å²) < 4.78 is 10.5. The fourth-order valence-electron chi connectivity index (χ4n) is 2.39. The molecule has 122 valence electrons. The number of aliphatic hydroxyl groups is 1. The van der Waals surface area contributed by atoms with E-state index in [2.05, 4.69) is 10.2 Å². The second-order valence-electron chi connectivity index (χ2n) is 5.54.